The van der Waals surface area contributed by atoms with E-state index in [1.165, 1.54) is 25.1 Å². The Kier molecular flexibility index (Phi) is 4.06. The van der Waals surface area contributed by atoms with Crippen LogP contribution >= 0.6 is 11.6 Å². The molecule has 0 radical (unpaired) electrons. The minimum atomic E-state index is -3.07. The van der Waals surface area contributed by atoms with Gasteiger partial charge in [0.1, 0.15) is 17.1 Å². The normalized spacial score (nSPS) is 12.6. The zero-order valence-electron chi connectivity index (χ0n) is 8.28. The molecule has 0 saturated heterocycles. The Balaban J connectivity index is 3.18. The van der Waals surface area contributed by atoms with Gasteiger partial charge in [0.05, 0.1) is 5.38 Å². The number of phenols is 1. The van der Waals surface area contributed by atoms with Crippen molar-refractivity contribution in [2.24, 2.45) is 0 Å². The molecule has 1 N–H and O–H groups in total. The van der Waals surface area contributed by atoms with Crippen molar-refractivity contribution in [2.75, 3.05) is 0 Å². The monoisotopic (exact) mass is 250 g/mol. The van der Waals surface area contributed by atoms with Crippen LogP contribution in [0.5, 0.6) is 11.5 Å². The number of Topliss-reactive ketones (excluding diaryl/α,β-unsaturated/α-hetero) is 1. The molecule has 0 aliphatic rings. The molecule has 0 fully saturated rings. The van der Waals surface area contributed by atoms with Crippen LogP contribution in [-0.2, 0) is 0 Å². The van der Waals surface area contributed by atoms with E-state index in [2.05, 4.69) is 4.74 Å². The van der Waals surface area contributed by atoms with Crippen molar-refractivity contribution in [3.63, 3.8) is 0 Å². The molecule has 6 heteroatoms. The Morgan fingerprint density at radius 2 is 2.12 bits per heavy atom. The number of carbonyl (C=O) groups is 1. The summed E-state index contributed by atoms with van der Waals surface area (Å²) in [7, 11) is 0. The summed E-state index contributed by atoms with van der Waals surface area (Å²) in [6.07, 6.45) is 0. The topological polar surface area (TPSA) is 46.5 Å². The van der Waals surface area contributed by atoms with E-state index in [0.717, 1.165) is 0 Å². The van der Waals surface area contributed by atoms with Crippen molar-refractivity contribution in [1.29, 1.82) is 0 Å². The summed E-state index contributed by atoms with van der Waals surface area (Å²) in [6.45, 7) is -1.69. The number of aromatic hydroxyl groups is 1. The van der Waals surface area contributed by atoms with E-state index < -0.39 is 23.5 Å². The second kappa shape index (κ2) is 5.12. The van der Waals surface area contributed by atoms with E-state index >= 15 is 0 Å². The predicted octanol–water partition coefficient (Wildman–Crippen LogP) is 2.80. The standard InChI is InChI=1S/C10H9ClF2O3/c1-5(11)9(15)8-6(14)3-2-4-7(8)16-10(12)13/h2-5,10,14H,1H3. The van der Waals surface area contributed by atoms with Crippen molar-refractivity contribution >= 4 is 17.4 Å². The molecule has 1 rings (SSSR count). The molecule has 1 atom stereocenters. The van der Waals surface area contributed by atoms with Crippen LogP contribution in [0.3, 0.4) is 0 Å². The molecule has 3 nitrogen and oxygen atoms in total. The first-order valence-corrected chi connectivity index (χ1v) is 4.82. The molecule has 1 aromatic rings. The predicted molar refractivity (Wildman–Crippen MR) is 54.4 cm³/mol. The second-order valence-electron chi connectivity index (χ2n) is 3.01. The average Bonchev–Trinajstić information content (AvgIpc) is 2.16. The molecule has 0 bridgehead atoms. The van der Waals surface area contributed by atoms with Crippen LogP contribution in [0.4, 0.5) is 8.78 Å². The van der Waals surface area contributed by atoms with Crippen molar-refractivity contribution in [1.82, 2.24) is 0 Å². The Bertz CT molecular complexity index is 394. The molecule has 16 heavy (non-hydrogen) atoms. The maximum absolute atomic E-state index is 12.0. The number of ether oxygens (including phenoxy) is 1. The van der Waals surface area contributed by atoms with Gasteiger partial charge in [-0.25, -0.2) is 0 Å². The number of phenolic OH excluding ortho intramolecular Hbond substituents is 1. The molecule has 0 aliphatic carbocycles. The number of benzene rings is 1. The van der Waals surface area contributed by atoms with Gasteiger partial charge in [0, 0.05) is 0 Å². The lowest BCUT2D eigenvalue weighted by atomic mass is 10.1. The zero-order chi connectivity index (χ0) is 12.3. The maximum Gasteiger partial charge on any atom is 0.387 e. The van der Waals surface area contributed by atoms with Gasteiger partial charge in [0.2, 0.25) is 0 Å². The van der Waals surface area contributed by atoms with E-state index in [1.807, 2.05) is 0 Å². The zero-order valence-corrected chi connectivity index (χ0v) is 9.04. The lowest BCUT2D eigenvalue weighted by molar-refractivity contribution is -0.0502. The minimum absolute atomic E-state index is 0.328. The fourth-order valence-electron chi connectivity index (χ4n) is 1.16. The fourth-order valence-corrected chi connectivity index (χ4v) is 1.27. The van der Waals surface area contributed by atoms with Gasteiger partial charge in [-0.3, -0.25) is 4.79 Å². The summed E-state index contributed by atoms with van der Waals surface area (Å²) in [5, 5.41) is 8.48. The molecular formula is C10H9ClF2O3. The highest BCUT2D eigenvalue weighted by Gasteiger charge is 2.22. The summed E-state index contributed by atoms with van der Waals surface area (Å²) in [5.74, 6) is -1.49. The summed E-state index contributed by atoms with van der Waals surface area (Å²) in [5.41, 5.74) is -0.328. The van der Waals surface area contributed by atoms with Crippen LogP contribution in [0.25, 0.3) is 0 Å². The molecule has 0 aromatic heterocycles. The summed E-state index contributed by atoms with van der Waals surface area (Å²) >= 11 is 5.54. The maximum atomic E-state index is 12.0. The van der Waals surface area contributed by atoms with E-state index in [-0.39, 0.29) is 11.3 Å². The van der Waals surface area contributed by atoms with E-state index in [1.54, 1.807) is 0 Å². The fraction of sp³-hybridized carbons (Fsp3) is 0.300. The highest BCUT2D eigenvalue weighted by Crippen LogP contribution is 2.30. The number of hydrogen-bond acceptors (Lipinski definition) is 3. The Hall–Kier alpha value is -1.36. The molecule has 88 valence electrons. The van der Waals surface area contributed by atoms with E-state index in [9.17, 15) is 18.7 Å². The molecular weight excluding hydrogens is 242 g/mol. The molecule has 0 aliphatic heterocycles. The second-order valence-corrected chi connectivity index (χ2v) is 3.66. The molecule has 1 unspecified atom stereocenters. The van der Waals surface area contributed by atoms with Crippen LogP contribution in [-0.4, -0.2) is 22.9 Å². The molecule has 0 amide bonds. The van der Waals surface area contributed by atoms with E-state index in [0.29, 0.717) is 0 Å². The highest BCUT2D eigenvalue weighted by atomic mass is 35.5. The number of halogens is 3. The Morgan fingerprint density at radius 1 is 1.50 bits per heavy atom. The minimum Gasteiger partial charge on any atom is -0.507 e. The highest BCUT2D eigenvalue weighted by molar-refractivity contribution is 6.34. The Labute approximate surface area is 95.6 Å². The molecule has 0 saturated carbocycles. The SMILES string of the molecule is CC(Cl)C(=O)c1c(O)cccc1OC(F)F. The van der Waals surface area contributed by atoms with Crippen molar-refractivity contribution in [3.8, 4) is 11.5 Å². The van der Waals surface area contributed by atoms with Gasteiger partial charge in [-0.2, -0.15) is 8.78 Å². The van der Waals surface area contributed by atoms with Gasteiger partial charge in [0.25, 0.3) is 0 Å². The lowest BCUT2D eigenvalue weighted by Gasteiger charge is -2.11. The van der Waals surface area contributed by atoms with Crippen LogP contribution < -0.4 is 4.74 Å². The number of alkyl halides is 3. The van der Waals surface area contributed by atoms with Gasteiger partial charge in [-0.05, 0) is 19.1 Å². The first kappa shape index (κ1) is 12.7. The van der Waals surface area contributed by atoms with Crippen LogP contribution in [0.1, 0.15) is 17.3 Å². The lowest BCUT2D eigenvalue weighted by Crippen LogP contribution is -2.14. The van der Waals surface area contributed by atoms with Gasteiger partial charge in [-0.1, -0.05) is 6.07 Å². The third-order valence-corrected chi connectivity index (χ3v) is 2.03. The number of hydrogen-bond donors (Lipinski definition) is 1. The first-order valence-electron chi connectivity index (χ1n) is 4.38. The number of carbonyl (C=O) groups excluding carboxylic acids is 1. The van der Waals surface area contributed by atoms with E-state index in [4.69, 9.17) is 11.6 Å². The van der Waals surface area contributed by atoms with Gasteiger partial charge in [-0.15, -0.1) is 11.6 Å². The van der Waals surface area contributed by atoms with Crippen LogP contribution in [0, 0.1) is 0 Å². The smallest absolute Gasteiger partial charge is 0.387 e. The Morgan fingerprint density at radius 3 is 2.62 bits per heavy atom. The van der Waals surface area contributed by atoms with Gasteiger partial charge >= 0.3 is 6.61 Å². The average molecular weight is 251 g/mol. The molecule has 0 spiro atoms. The third-order valence-electron chi connectivity index (χ3n) is 1.83. The van der Waals surface area contributed by atoms with Crippen LogP contribution in [0.15, 0.2) is 18.2 Å². The van der Waals surface area contributed by atoms with Gasteiger partial charge < -0.3 is 9.84 Å². The van der Waals surface area contributed by atoms with Crippen molar-refractivity contribution in [3.05, 3.63) is 23.8 Å². The summed E-state index contributed by atoms with van der Waals surface area (Å²) < 4.78 is 28.2. The largest absolute Gasteiger partial charge is 0.507 e. The van der Waals surface area contributed by atoms with Crippen molar-refractivity contribution in [2.45, 2.75) is 18.9 Å². The molecule has 0 heterocycles. The first-order chi connectivity index (χ1) is 7.43. The van der Waals surface area contributed by atoms with Gasteiger partial charge in [0.15, 0.2) is 5.78 Å². The summed E-state index contributed by atoms with van der Waals surface area (Å²) in [4.78, 5) is 11.6. The number of ketones is 1. The van der Waals surface area contributed by atoms with Crippen LogP contribution in [0.2, 0.25) is 0 Å². The quantitative estimate of drug-likeness (QED) is 0.660. The number of rotatable bonds is 4. The van der Waals surface area contributed by atoms with Crippen molar-refractivity contribution < 1.29 is 23.4 Å². The summed E-state index contributed by atoms with van der Waals surface area (Å²) in [6, 6.07) is 3.66. The molecule has 1 aromatic carbocycles. The third kappa shape index (κ3) is 2.82.